The number of carbonyl (C=O) groups is 1. The predicted octanol–water partition coefficient (Wildman–Crippen LogP) is 3.58. The van der Waals surface area contributed by atoms with Gasteiger partial charge in [0.15, 0.2) is 0 Å². The third-order valence-corrected chi connectivity index (χ3v) is 5.45. The van der Waals surface area contributed by atoms with Crippen LogP contribution in [0.15, 0.2) is 18.2 Å². The van der Waals surface area contributed by atoms with Crippen LogP contribution in [0.4, 0.5) is 20.6 Å². The molecule has 1 aliphatic heterocycles. The first kappa shape index (κ1) is 18.0. The molecule has 1 aliphatic carbocycles. The number of hydrogen-bond donors (Lipinski definition) is 2. The lowest BCUT2D eigenvalue weighted by molar-refractivity contribution is 0.0972. The normalized spacial score (nSPS) is 19.7. The predicted molar refractivity (Wildman–Crippen MR) is 97.5 cm³/mol. The summed E-state index contributed by atoms with van der Waals surface area (Å²) in [5.74, 6) is -0.306. The fourth-order valence-electron chi connectivity index (χ4n) is 3.81. The summed E-state index contributed by atoms with van der Waals surface area (Å²) in [6.45, 7) is 1.05. The van der Waals surface area contributed by atoms with E-state index in [2.05, 4.69) is 5.32 Å². The first-order valence-electron chi connectivity index (χ1n) is 9.31. The number of piperidine rings is 1. The zero-order valence-electron chi connectivity index (χ0n) is 14.9. The lowest BCUT2D eigenvalue weighted by atomic mass is 9.94. The van der Waals surface area contributed by atoms with Gasteiger partial charge in [0, 0.05) is 31.9 Å². The molecule has 5 nitrogen and oxygen atoms in total. The van der Waals surface area contributed by atoms with Crippen LogP contribution in [0.25, 0.3) is 0 Å². The molecular formula is C19H28FN3O2. The summed E-state index contributed by atoms with van der Waals surface area (Å²) in [7, 11) is 1.95. The van der Waals surface area contributed by atoms with E-state index in [-0.39, 0.29) is 18.0 Å². The lowest BCUT2D eigenvalue weighted by Gasteiger charge is -2.33. The van der Waals surface area contributed by atoms with Gasteiger partial charge in [-0.05, 0) is 43.9 Å². The Morgan fingerprint density at radius 2 is 1.88 bits per heavy atom. The van der Waals surface area contributed by atoms with Gasteiger partial charge in [-0.15, -0.1) is 0 Å². The Bertz CT molecular complexity index is 596. The van der Waals surface area contributed by atoms with Gasteiger partial charge >= 0.3 is 6.03 Å². The molecule has 6 heteroatoms. The number of likely N-dealkylation sites (tertiary alicyclic amines) is 1. The maximum Gasteiger partial charge on any atom is 0.321 e. The Morgan fingerprint density at radius 1 is 1.20 bits per heavy atom. The number of urea groups is 1. The number of benzene rings is 1. The molecular weight excluding hydrogens is 321 g/mol. The van der Waals surface area contributed by atoms with E-state index in [1.165, 1.54) is 25.3 Å². The summed E-state index contributed by atoms with van der Waals surface area (Å²) < 4.78 is 14.6. The number of nitrogens with zero attached hydrogens (tertiary/aromatic N) is 2. The molecule has 2 amide bonds. The van der Waals surface area contributed by atoms with Crippen molar-refractivity contribution in [2.45, 2.75) is 57.1 Å². The Balaban J connectivity index is 1.62. The number of aliphatic hydroxyl groups excluding tert-OH is 1. The summed E-state index contributed by atoms with van der Waals surface area (Å²) in [4.78, 5) is 15.9. The van der Waals surface area contributed by atoms with Gasteiger partial charge in [-0.25, -0.2) is 9.18 Å². The van der Waals surface area contributed by atoms with Gasteiger partial charge in [0.05, 0.1) is 11.8 Å². The van der Waals surface area contributed by atoms with Crippen molar-refractivity contribution >= 4 is 17.4 Å². The fraction of sp³-hybridized carbons (Fsp3) is 0.632. The van der Waals surface area contributed by atoms with Crippen molar-refractivity contribution in [1.29, 1.82) is 0 Å². The van der Waals surface area contributed by atoms with E-state index in [1.54, 1.807) is 17.0 Å². The van der Waals surface area contributed by atoms with Gasteiger partial charge in [0.25, 0.3) is 0 Å². The molecule has 0 aromatic heterocycles. The van der Waals surface area contributed by atoms with Crippen molar-refractivity contribution in [2.24, 2.45) is 0 Å². The molecule has 1 heterocycles. The van der Waals surface area contributed by atoms with Crippen molar-refractivity contribution in [1.82, 2.24) is 4.90 Å². The second kappa shape index (κ2) is 8.04. The van der Waals surface area contributed by atoms with Crippen LogP contribution in [-0.2, 0) is 0 Å². The molecule has 2 aliphatic rings. The average Bonchev–Trinajstić information content (AvgIpc) is 2.62. The van der Waals surface area contributed by atoms with Crippen LogP contribution in [0.3, 0.4) is 0 Å². The minimum atomic E-state index is -0.323. The molecule has 2 N–H and O–H groups in total. The second-order valence-corrected chi connectivity index (χ2v) is 7.22. The second-order valence-electron chi connectivity index (χ2n) is 7.22. The number of hydrogen-bond acceptors (Lipinski definition) is 3. The molecule has 0 unspecified atom stereocenters. The van der Waals surface area contributed by atoms with Crippen molar-refractivity contribution < 1.29 is 14.3 Å². The van der Waals surface area contributed by atoms with Crippen LogP contribution < -0.4 is 10.2 Å². The van der Waals surface area contributed by atoms with Crippen LogP contribution in [0, 0.1) is 5.82 Å². The number of halogens is 1. The topological polar surface area (TPSA) is 55.8 Å². The molecule has 3 rings (SSSR count). The van der Waals surface area contributed by atoms with Crippen molar-refractivity contribution in [2.75, 3.05) is 30.4 Å². The lowest BCUT2D eigenvalue weighted by Crippen LogP contribution is -2.42. The molecule has 138 valence electrons. The SMILES string of the molecule is CN(c1ccc(NC(=O)N2CCC(O)CC2)cc1F)C1CCCCC1. The highest BCUT2D eigenvalue weighted by atomic mass is 19.1. The van der Waals surface area contributed by atoms with Crippen molar-refractivity contribution in [3.05, 3.63) is 24.0 Å². The highest BCUT2D eigenvalue weighted by Crippen LogP contribution is 2.29. The summed E-state index contributed by atoms with van der Waals surface area (Å²) >= 11 is 0. The molecule has 1 saturated heterocycles. The third-order valence-electron chi connectivity index (χ3n) is 5.45. The van der Waals surface area contributed by atoms with E-state index >= 15 is 0 Å². The molecule has 2 fully saturated rings. The van der Waals surface area contributed by atoms with Crippen LogP contribution in [0.2, 0.25) is 0 Å². The first-order valence-corrected chi connectivity index (χ1v) is 9.31. The number of rotatable bonds is 3. The highest BCUT2D eigenvalue weighted by Gasteiger charge is 2.23. The standard InChI is InChI=1S/C19H28FN3O2/c1-22(15-5-3-2-4-6-15)18-8-7-14(13-17(18)20)21-19(25)23-11-9-16(24)10-12-23/h7-8,13,15-16,24H,2-6,9-12H2,1H3,(H,21,25). The van der Waals surface area contributed by atoms with E-state index in [0.29, 0.717) is 43.3 Å². The molecule has 0 atom stereocenters. The van der Waals surface area contributed by atoms with E-state index in [0.717, 1.165) is 12.8 Å². The quantitative estimate of drug-likeness (QED) is 0.877. The number of nitrogens with one attached hydrogen (secondary N) is 1. The Kier molecular flexibility index (Phi) is 5.78. The van der Waals surface area contributed by atoms with Crippen molar-refractivity contribution in [3.63, 3.8) is 0 Å². The van der Waals surface area contributed by atoms with E-state index < -0.39 is 0 Å². The van der Waals surface area contributed by atoms with Crippen LogP contribution in [0.1, 0.15) is 44.9 Å². The van der Waals surface area contributed by atoms with Gasteiger partial charge in [-0.3, -0.25) is 0 Å². The molecule has 0 radical (unpaired) electrons. The summed E-state index contributed by atoms with van der Waals surface area (Å²) in [6.07, 6.45) is 6.75. The highest BCUT2D eigenvalue weighted by molar-refractivity contribution is 5.89. The Morgan fingerprint density at radius 3 is 2.52 bits per heavy atom. The number of amides is 2. The number of anilines is 2. The molecule has 1 aromatic carbocycles. The maximum atomic E-state index is 14.6. The van der Waals surface area contributed by atoms with Crippen molar-refractivity contribution in [3.8, 4) is 0 Å². The van der Waals surface area contributed by atoms with Crippen LogP contribution >= 0.6 is 0 Å². The van der Waals surface area contributed by atoms with Gasteiger partial charge in [0.2, 0.25) is 0 Å². The zero-order valence-corrected chi connectivity index (χ0v) is 14.9. The monoisotopic (exact) mass is 349 g/mol. The number of carbonyl (C=O) groups excluding carboxylic acids is 1. The molecule has 25 heavy (non-hydrogen) atoms. The van der Waals surface area contributed by atoms with Crippen LogP contribution in [0.5, 0.6) is 0 Å². The van der Waals surface area contributed by atoms with E-state index in [1.807, 2.05) is 11.9 Å². The maximum absolute atomic E-state index is 14.6. The van der Waals surface area contributed by atoms with Gasteiger partial charge in [0.1, 0.15) is 5.82 Å². The molecule has 1 aromatic rings. The first-order chi connectivity index (χ1) is 12.0. The zero-order chi connectivity index (χ0) is 17.8. The minimum absolute atomic E-state index is 0.236. The summed E-state index contributed by atoms with van der Waals surface area (Å²) in [5, 5.41) is 12.3. The number of aliphatic hydroxyl groups is 1. The third kappa shape index (κ3) is 4.42. The smallest absolute Gasteiger partial charge is 0.321 e. The Labute approximate surface area is 148 Å². The largest absolute Gasteiger partial charge is 0.393 e. The summed E-state index contributed by atoms with van der Waals surface area (Å²) in [5.41, 5.74) is 1.06. The molecule has 0 bridgehead atoms. The Hall–Kier alpha value is -1.82. The van der Waals surface area contributed by atoms with E-state index in [4.69, 9.17) is 0 Å². The average molecular weight is 349 g/mol. The van der Waals surface area contributed by atoms with Gasteiger partial charge in [-0.1, -0.05) is 19.3 Å². The summed E-state index contributed by atoms with van der Waals surface area (Å²) in [6, 6.07) is 5.06. The molecule has 1 saturated carbocycles. The van der Waals surface area contributed by atoms with Gasteiger partial charge in [-0.2, -0.15) is 0 Å². The van der Waals surface area contributed by atoms with E-state index in [9.17, 15) is 14.3 Å². The molecule has 0 spiro atoms. The fourth-order valence-corrected chi connectivity index (χ4v) is 3.81. The van der Waals surface area contributed by atoms with Gasteiger partial charge < -0.3 is 20.2 Å². The minimum Gasteiger partial charge on any atom is -0.393 e. The van der Waals surface area contributed by atoms with Crippen LogP contribution in [-0.4, -0.2) is 48.3 Å².